The first-order chi connectivity index (χ1) is 24.1. The number of amides is 1. The van der Waals surface area contributed by atoms with Crippen molar-refractivity contribution < 1.29 is 28.8 Å². The minimum absolute atomic E-state index is 0.212. The van der Waals surface area contributed by atoms with Gasteiger partial charge in [0.05, 0.1) is 51.9 Å². The Bertz CT molecular complexity index is 1760. The van der Waals surface area contributed by atoms with E-state index in [0.717, 1.165) is 83.3 Å². The largest absolute Gasteiger partial charge is 0.507 e. The highest BCUT2D eigenvalue weighted by Crippen LogP contribution is 2.44. The average Bonchev–Trinajstić information content (AvgIpc) is 3.57. The highest BCUT2D eigenvalue weighted by Gasteiger charge is 2.17. The number of unbranched alkanes of at least 4 members (excludes halogenated alkanes) is 5. The summed E-state index contributed by atoms with van der Waals surface area (Å²) in [7, 11) is 0. The van der Waals surface area contributed by atoms with Crippen molar-refractivity contribution in [2.24, 2.45) is 5.73 Å². The summed E-state index contributed by atoms with van der Waals surface area (Å²) in [4.78, 5) is 10.8. The summed E-state index contributed by atoms with van der Waals surface area (Å²) in [6.45, 7) is 3.86. The van der Waals surface area contributed by atoms with E-state index >= 15 is 0 Å². The quantitative estimate of drug-likeness (QED) is 0.0724. The van der Waals surface area contributed by atoms with E-state index in [2.05, 4.69) is 22.4 Å². The van der Waals surface area contributed by atoms with Crippen LogP contribution in [0.3, 0.4) is 0 Å². The molecule has 0 aliphatic rings. The number of aryl methyl sites for hydroxylation is 1. The lowest BCUT2D eigenvalue weighted by atomic mass is 9.92. The van der Waals surface area contributed by atoms with E-state index in [9.17, 15) is 9.90 Å². The molecule has 0 bridgehead atoms. The van der Waals surface area contributed by atoms with Crippen molar-refractivity contribution in [1.29, 1.82) is 0 Å². The average molecular weight is 669 g/mol. The Morgan fingerprint density at radius 3 is 1.98 bits per heavy atom. The first-order valence-corrected chi connectivity index (χ1v) is 17.4. The van der Waals surface area contributed by atoms with Crippen molar-refractivity contribution in [1.82, 2.24) is 15.0 Å². The number of nitrogens with zero attached hydrogens (tertiary/aromatic N) is 3. The Kier molecular flexibility index (Phi) is 14.2. The summed E-state index contributed by atoms with van der Waals surface area (Å²) in [5.41, 5.74) is 7.81. The maximum atomic E-state index is 11.0. The normalized spacial score (nSPS) is 11.4. The summed E-state index contributed by atoms with van der Waals surface area (Å²) >= 11 is 0. The Balaban J connectivity index is 0.939. The number of hydrogen-bond donors (Lipinski definition) is 2. The van der Waals surface area contributed by atoms with Gasteiger partial charge < -0.3 is 29.8 Å². The van der Waals surface area contributed by atoms with Gasteiger partial charge in [-0.1, -0.05) is 91.6 Å². The molecular formula is C39H48N4O6. The number of phenolic OH excluding ortho intramolecular Hbond substituents is 1. The number of aromatic hydroxyl groups is 1. The number of primary amides is 1. The van der Waals surface area contributed by atoms with E-state index in [-0.39, 0.29) is 11.7 Å². The van der Waals surface area contributed by atoms with Crippen molar-refractivity contribution in [2.75, 3.05) is 46.2 Å². The number of hydrogen-bond acceptors (Lipinski definition) is 8. The van der Waals surface area contributed by atoms with E-state index in [0.29, 0.717) is 65.0 Å². The summed E-state index contributed by atoms with van der Waals surface area (Å²) in [6.07, 6.45) is 9.88. The Labute approximate surface area is 288 Å². The van der Waals surface area contributed by atoms with Gasteiger partial charge in [-0.2, -0.15) is 0 Å². The van der Waals surface area contributed by atoms with Crippen LogP contribution < -0.4 is 10.5 Å². The lowest BCUT2D eigenvalue weighted by Gasteiger charge is -2.17. The molecule has 260 valence electrons. The lowest BCUT2D eigenvalue weighted by molar-refractivity contribution is -0.118. The van der Waals surface area contributed by atoms with Crippen molar-refractivity contribution in [2.45, 2.75) is 57.9 Å². The third-order valence-corrected chi connectivity index (χ3v) is 8.43. The van der Waals surface area contributed by atoms with Crippen LogP contribution in [0.1, 0.15) is 50.6 Å². The maximum Gasteiger partial charge on any atom is 0.217 e. The smallest absolute Gasteiger partial charge is 0.217 e. The minimum Gasteiger partial charge on any atom is -0.507 e. The van der Waals surface area contributed by atoms with Gasteiger partial charge >= 0.3 is 0 Å². The number of phenols is 1. The number of fused-ring (bicyclic) bond motifs is 2. The fourth-order valence-electron chi connectivity index (χ4n) is 5.94. The molecule has 0 saturated carbocycles. The van der Waals surface area contributed by atoms with Gasteiger partial charge in [-0.25, -0.2) is 4.68 Å². The number of rotatable bonds is 23. The van der Waals surface area contributed by atoms with E-state index in [4.69, 9.17) is 24.7 Å². The predicted molar refractivity (Wildman–Crippen MR) is 192 cm³/mol. The summed E-state index contributed by atoms with van der Waals surface area (Å²) in [5.74, 6) is 0.705. The first-order valence-electron chi connectivity index (χ1n) is 17.4. The zero-order valence-corrected chi connectivity index (χ0v) is 28.2. The van der Waals surface area contributed by atoms with Crippen LogP contribution in [-0.4, -0.2) is 72.3 Å². The molecule has 49 heavy (non-hydrogen) atoms. The number of ether oxygens (including phenoxy) is 4. The molecule has 0 spiro atoms. The van der Waals surface area contributed by atoms with Gasteiger partial charge in [0.1, 0.15) is 18.1 Å². The van der Waals surface area contributed by atoms with Gasteiger partial charge in [0.15, 0.2) is 0 Å². The highest BCUT2D eigenvalue weighted by molar-refractivity contribution is 6.09. The third kappa shape index (κ3) is 11.0. The molecule has 10 nitrogen and oxygen atoms in total. The first kappa shape index (κ1) is 35.8. The molecule has 0 aliphatic heterocycles. The van der Waals surface area contributed by atoms with Gasteiger partial charge in [-0.05, 0) is 52.9 Å². The molecule has 10 heteroatoms. The van der Waals surface area contributed by atoms with Crippen LogP contribution in [0.5, 0.6) is 11.5 Å². The van der Waals surface area contributed by atoms with E-state index in [1.54, 1.807) is 6.07 Å². The summed E-state index contributed by atoms with van der Waals surface area (Å²) < 4.78 is 25.2. The molecular weight excluding hydrogens is 620 g/mol. The van der Waals surface area contributed by atoms with Gasteiger partial charge in [0, 0.05) is 23.7 Å². The minimum atomic E-state index is -0.212. The molecule has 1 heterocycles. The number of aromatic nitrogens is 3. The second-order valence-electron chi connectivity index (χ2n) is 12.1. The topological polar surface area (TPSA) is 131 Å². The molecule has 0 fully saturated rings. The highest BCUT2D eigenvalue weighted by atomic mass is 16.6. The predicted octanol–water partition coefficient (Wildman–Crippen LogP) is 6.84. The summed E-state index contributed by atoms with van der Waals surface area (Å²) in [6, 6.07) is 23.9. The molecule has 0 aliphatic carbocycles. The van der Waals surface area contributed by atoms with Gasteiger partial charge in [-0.3, -0.25) is 4.79 Å². The van der Waals surface area contributed by atoms with Crippen LogP contribution >= 0.6 is 0 Å². The van der Waals surface area contributed by atoms with Crippen molar-refractivity contribution in [3.63, 3.8) is 0 Å². The molecule has 3 N–H and O–H groups in total. The molecule has 0 atom stereocenters. The number of carbonyl (C=O) groups excluding carboxylic acids is 1. The number of nitrogens with two attached hydrogens (primary N) is 1. The standard InChI is InChI=1S/C39H48N4O6/c40-37(45)16-6-4-2-1-3-5-13-32-29-43(42-41-32)21-22-46-23-24-47-25-26-48-27-28-49-36-20-18-31-12-8-10-15-34(31)39(36)38-33-14-9-7-11-30(33)17-19-35(38)44/h7-12,14-15,17-20,29,44H,1-6,13,16,21-28H2,(H2,40,45). The summed E-state index contributed by atoms with van der Waals surface area (Å²) in [5, 5.41) is 23.6. The molecule has 4 aromatic carbocycles. The van der Waals surface area contributed by atoms with Crippen LogP contribution in [-0.2, 0) is 32.0 Å². The van der Waals surface area contributed by atoms with Gasteiger partial charge in [0.2, 0.25) is 5.91 Å². The monoisotopic (exact) mass is 668 g/mol. The van der Waals surface area contributed by atoms with Crippen LogP contribution in [0.25, 0.3) is 32.7 Å². The van der Waals surface area contributed by atoms with Gasteiger partial charge in [-0.15, -0.1) is 5.10 Å². The number of carbonyl (C=O) groups is 1. The van der Waals surface area contributed by atoms with Crippen molar-refractivity contribution >= 4 is 27.5 Å². The van der Waals surface area contributed by atoms with E-state index in [1.807, 2.05) is 65.5 Å². The Hall–Kier alpha value is -4.51. The Morgan fingerprint density at radius 2 is 1.27 bits per heavy atom. The molecule has 5 aromatic rings. The molecule has 0 unspecified atom stereocenters. The maximum absolute atomic E-state index is 11.0. The zero-order chi connectivity index (χ0) is 34.1. The Morgan fingerprint density at radius 1 is 0.673 bits per heavy atom. The van der Waals surface area contributed by atoms with Crippen LogP contribution in [0.4, 0.5) is 0 Å². The molecule has 1 aromatic heterocycles. The fraction of sp³-hybridized carbons (Fsp3) is 0.410. The van der Waals surface area contributed by atoms with Gasteiger partial charge in [0.25, 0.3) is 0 Å². The second-order valence-corrected chi connectivity index (χ2v) is 12.1. The SMILES string of the molecule is NC(=O)CCCCCCCCc1cn(CCOCCOCCOCCOc2ccc3ccccc3c2-c2c(O)ccc3ccccc23)nn1. The zero-order valence-electron chi connectivity index (χ0n) is 28.2. The second kappa shape index (κ2) is 19.5. The molecule has 5 rings (SSSR count). The third-order valence-electron chi connectivity index (χ3n) is 8.43. The van der Waals surface area contributed by atoms with Crippen LogP contribution in [0, 0.1) is 0 Å². The number of benzene rings is 4. The van der Waals surface area contributed by atoms with Crippen LogP contribution in [0.2, 0.25) is 0 Å². The lowest BCUT2D eigenvalue weighted by Crippen LogP contribution is -2.14. The molecule has 1 amide bonds. The van der Waals surface area contributed by atoms with Crippen molar-refractivity contribution in [3.8, 4) is 22.6 Å². The van der Waals surface area contributed by atoms with E-state index < -0.39 is 0 Å². The van der Waals surface area contributed by atoms with Crippen molar-refractivity contribution in [3.05, 3.63) is 84.7 Å². The van der Waals surface area contributed by atoms with E-state index in [1.165, 1.54) is 0 Å². The van der Waals surface area contributed by atoms with Crippen LogP contribution in [0.15, 0.2) is 79.0 Å². The fourth-order valence-corrected chi connectivity index (χ4v) is 5.94. The molecule has 0 saturated heterocycles. The molecule has 0 radical (unpaired) electrons.